The topological polar surface area (TPSA) is 78.9 Å². The van der Waals surface area contributed by atoms with Gasteiger partial charge in [0.15, 0.2) is 0 Å². The van der Waals surface area contributed by atoms with Gasteiger partial charge in [-0.2, -0.15) is 0 Å². The highest BCUT2D eigenvalue weighted by molar-refractivity contribution is 6.10. The molecular formula is C20H27N3O2. The summed E-state index contributed by atoms with van der Waals surface area (Å²) in [5.74, 6) is 1.22. The van der Waals surface area contributed by atoms with Gasteiger partial charge in [0.2, 0.25) is 5.91 Å². The third kappa shape index (κ3) is 3.61. The molecule has 1 saturated carbocycles. The number of nitrogens with two attached hydrogens (primary N) is 1. The Morgan fingerprint density at radius 3 is 2.80 bits per heavy atom. The lowest BCUT2D eigenvalue weighted by Crippen LogP contribution is -2.48. The number of hydrogen-bond donors (Lipinski definition) is 2. The van der Waals surface area contributed by atoms with Crippen molar-refractivity contribution in [2.75, 3.05) is 18.1 Å². The molecule has 2 aliphatic rings. The lowest BCUT2D eigenvalue weighted by molar-refractivity contribution is -0.117. The number of anilines is 1. The first-order valence-corrected chi connectivity index (χ1v) is 9.02. The minimum absolute atomic E-state index is 0.0200. The molecule has 2 atom stereocenters. The van der Waals surface area contributed by atoms with Crippen LogP contribution in [0.1, 0.15) is 37.8 Å². The fraction of sp³-hybridized carbons (Fsp3) is 0.500. The van der Waals surface area contributed by atoms with Gasteiger partial charge < -0.3 is 15.7 Å². The van der Waals surface area contributed by atoms with Crippen molar-refractivity contribution in [1.29, 1.82) is 0 Å². The predicted molar refractivity (Wildman–Crippen MR) is 102 cm³/mol. The monoisotopic (exact) mass is 341 g/mol. The molecule has 1 unspecified atom stereocenters. The van der Waals surface area contributed by atoms with Crippen molar-refractivity contribution < 1.29 is 9.90 Å². The van der Waals surface area contributed by atoms with Gasteiger partial charge in [-0.1, -0.05) is 13.0 Å². The van der Waals surface area contributed by atoms with Crippen LogP contribution in [0.4, 0.5) is 5.69 Å². The summed E-state index contributed by atoms with van der Waals surface area (Å²) in [7, 11) is 0. The summed E-state index contributed by atoms with van der Waals surface area (Å²) in [4.78, 5) is 18.5. The third-order valence-corrected chi connectivity index (χ3v) is 5.18. The number of nitrogens with zero attached hydrogens (tertiary/aromatic N) is 2. The summed E-state index contributed by atoms with van der Waals surface area (Å²) in [6, 6.07) is 6.48. The van der Waals surface area contributed by atoms with Crippen molar-refractivity contribution in [2.45, 2.75) is 39.2 Å². The third-order valence-electron chi connectivity index (χ3n) is 5.18. The van der Waals surface area contributed by atoms with Crippen LogP contribution in [-0.4, -0.2) is 36.4 Å². The van der Waals surface area contributed by atoms with E-state index in [1.807, 2.05) is 17.0 Å². The number of fused-ring (bicyclic) bond motifs is 1. The number of rotatable bonds is 5. The van der Waals surface area contributed by atoms with Gasteiger partial charge in [-0.05, 0) is 54.4 Å². The maximum Gasteiger partial charge on any atom is 0.224 e. The molecule has 0 saturated heterocycles. The number of benzene rings is 1. The maximum absolute atomic E-state index is 12.3. The van der Waals surface area contributed by atoms with Crippen LogP contribution in [0, 0.1) is 11.8 Å². The summed E-state index contributed by atoms with van der Waals surface area (Å²) >= 11 is 0. The van der Waals surface area contributed by atoms with Gasteiger partial charge in [0, 0.05) is 36.6 Å². The van der Waals surface area contributed by atoms with Gasteiger partial charge in [-0.3, -0.25) is 9.79 Å². The highest BCUT2D eigenvalue weighted by Crippen LogP contribution is 2.45. The van der Waals surface area contributed by atoms with E-state index in [4.69, 9.17) is 10.8 Å². The van der Waals surface area contributed by atoms with E-state index in [0.717, 1.165) is 23.2 Å². The fourth-order valence-corrected chi connectivity index (χ4v) is 3.97. The number of carbonyl (C=O) groups is 1. The highest BCUT2D eigenvalue weighted by atomic mass is 16.3. The number of carbonyl (C=O) groups excluding carboxylic acids is 1. The minimum atomic E-state index is 0.0200. The van der Waals surface area contributed by atoms with Crippen LogP contribution in [0.3, 0.4) is 0 Å². The molecule has 0 radical (unpaired) electrons. The van der Waals surface area contributed by atoms with Gasteiger partial charge in [0.25, 0.3) is 0 Å². The first kappa shape index (κ1) is 17.7. The summed E-state index contributed by atoms with van der Waals surface area (Å²) < 4.78 is 0. The van der Waals surface area contributed by atoms with E-state index in [1.54, 1.807) is 13.1 Å². The lowest BCUT2D eigenvalue weighted by atomic mass is 9.83. The van der Waals surface area contributed by atoms with Crippen LogP contribution >= 0.6 is 0 Å². The largest absolute Gasteiger partial charge is 0.404 e. The van der Waals surface area contributed by atoms with E-state index < -0.39 is 0 Å². The van der Waals surface area contributed by atoms with Crippen molar-refractivity contribution in [3.05, 3.63) is 35.5 Å². The number of aliphatic hydroxyl groups is 1. The Balaban J connectivity index is 1.94. The van der Waals surface area contributed by atoms with Gasteiger partial charge in [0.05, 0.1) is 13.2 Å². The molecule has 134 valence electrons. The first-order valence-electron chi connectivity index (χ1n) is 9.02. The summed E-state index contributed by atoms with van der Waals surface area (Å²) in [6.07, 6.45) is 6.66. The molecule has 1 heterocycles. The summed E-state index contributed by atoms with van der Waals surface area (Å²) in [6.45, 7) is 4.29. The van der Waals surface area contributed by atoms with E-state index in [-0.39, 0.29) is 12.5 Å². The van der Waals surface area contributed by atoms with Crippen LogP contribution in [0.5, 0.6) is 0 Å². The average molecular weight is 341 g/mol. The molecule has 1 aromatic carbocycles. The fourth-order valence-electron chi connectivity index (χ4n) is 3.97. The molecule has 0 spiro atoms. The molecule has 0 aromatic heterocycles. The number of amides is 1. The Labute approximate surface area is 149 Å². The molecule has 1 aliphatic carbocycles. The highest BCUT2D eigenvalue weighted by Gasteiger charge is 2.43. The Morgan fingerprint density at radius 1 is 1.44 bits per heavy atom. The smallest absolute Gasteiger partial charge is 0.224 e. The van der Waals surface area contributed by atoms with Crippen molar-refractivity contribution in [2.24, 2.45) is 22.6 Å². The molecule has 1 aliphatic heterocycles. The molecule has 0 bridgehead atoms. The van der Waals surface area contributed by atoms with E-state index in [0.29, 0.717) is 24.4 Å². The van der Waals surface area contributed by atoms with Crippen LogP contribution in [0.25, 0.3) is 5.57 Å². The van der Waals surface area contributed by atoms with Gasteiger partial charge in [-0.25, -0.2) is 0 Å². The lowest BCUT2D eigenvalue weighted by Gasteiger charge is -2.41. The Hall–Kier alpha value is -2.14. The molecular weight excluding hydrogens is 314 g/mol. The maximum atomic E-state index is 12.3. The zero-order valence-corrected chi connectivity index (χ0v) is 15.0. The minimum Gasteiger partial charge on any atom is -0.404 e. The van der Waals surface area contributed by atoms with Crippen molar-refractivity contribution in [3.63, 3.8) is 0 Å². The van der Waals surface area contributed by atoms with E-state index in [1.165, 1.54) is 24.6 Å². The molecule has 5 nitrogen and oxygen atoms in total. The zero-order valence-electron chi connectivity index (χ0n) is 15.0. The quantitative estimate of drug-likeness (QED) is 0.807. The second-order valence-corrected chi connectivity index (χ2v) is 7.12. The van der Waals surface area contributed by atoms with Crippen LogP contribution in [0.15, 0.2) is 29.4 Å². The SMILES string of the molecule is CC(=O)N1c2ccc(C(C=NCCO)=CN)cc2CC(C)[C@@H]1C1CC1. The second kappa shape index (κ2) is 7.40. The van der Waals surface area contributed by atoms with Gasteiger partial charge in [-0.15, -0.1) is 0 Å². The van der Waals surface area contributed by atoms with Gasteiger partial charge in [0.1, 0.15) is 0 Å². The van der Waals surface area contributed by atoms with Gasteiger partial charge >= 0.3 is 0 Å². The predicted octanol–water partition coefficient (Wildman–Crippen LogP) is 2.37. The Bertz CT molecular complexity index is 707. The molecule has 5 heteroatoms. The molecule has 1 amide bonds. The summed E-state index contributed by atoms with van der Waals surface area (Å²) in [5, 5.41) is 8.86. The molecule has 1 aromatic rings. The Morgan fingerprint density at radius 2 is 2.20 bits per heavy atom. The Kier molecular flexibility index (Phi) is 5.23. The molecule has 25 heavy (non-hydrogen) atoms. The molecule has 3 N–H and O–H groups in total. The normalized spacial score (nSPS) is 23.8. The molecule has 3 rings (SSSR count). The van der Waals surface area contributed by atoms with Crippen LogP contribution < -0.4 is 10.6 Å². The summed E-state index contributed by atoms with van der Waals surface area (Å²) in [5.41, 5.74) is 9.79. The molecule has 1 fully saturated rings. The number of hydrogen-bond acceptors (Lipinski definition) is 4. The number of aliphatic hydroxyl groups excluding tert-OH is 1. The van der Waals surface area contributed by atoms with Crippen LogP contribution in [0.2, 0.25) is 0 Å². The van der Waals surface area contributed by atoms with E-state index >= 15 is 0 Å². The van der Waals surface area contributed by atoms with Crippen molar-refractivity contribution in [1.82, 2.24) is 0 Å². The van der Waals surface area contributed by atoms with Crippen molar-refractivity contribution >= 4 is 23.4 Å². The number of allylic oxidation sites excluding steroid dienone is 1. The van der Waals surface area contributed by atoms with Crippen molar-refractivity contribution in [3.8, 4) is 0 Å². The standard InChI is InChI=1S/C20H27N3O2/c1-13-9-17-10-16(18(11-21)12-22-7-8-24)5-6-19(17)23(14(2)25)20(13)15-3-4-15/h5-6,10-13,15,20,24H,3-4,7-9,21H2,1-2H3/t13?,20-/m1/s1. The first-order chi connectivity index (χ1) is 12.1. The van der Waals surface area contributed by atoms with Crippen LogP contribution in [-0.2, 0) is 11.2 Å². The average Bonchev–Trinajstić information content (AvgIpc) is 3.41. The van der Waals surface area contributed by atoms with E-state index in [9.17, 15) is 4.79 Å². The second-order valence-electron chi connectivity index (χ2n) is 7.12. The van der Waals surface area contributed by atoms with E-state index in [2.05, 4.69) is 18.0 Å². The number of aliphatic imine (C=N–C) groups is 1. The zero-order chi connectivity index (χ0) is 18.0.